The number of nitrogens with zero attached hydrogens (tertiary/aromatic N) is 1. The average molecular weight is 249 g/mol. The molecule has 0 saturated carbocycles. The molecule has 0 saturated heterocycles. The quantitative estimate of drug-likeness (QED) is 0.872. The molecule has 3 heteroatoms. The highest BCUT2D eigenvalue weighted by atomic mass is 16.4. The normalized spacial score (nSPS) is 16.3. The molecular weight excluding hydrogens is 226 g/mol. The lowest BCUT2D eigenvalue weighted by Gasteiger charge is -2.39. The fourth-order valence-corrected chi connectivity index (χ4v) is 2.14. The van der Waals surface area contributed by atoms with E-state index in [4.69, 9.17) is 0 Å². The molecule has 0 aliphatic heterocycles. The molecule has 0 fully saturated rings. The van der Waals surface area contributed by atoms with Crippen LogP contribution in [0.25, 0.3) is 0 Å². The minimum absolute atomic E-state index is 0.214. The Balaban J connectivity index is 3.27. The van der Waals surface area contributed by atoms with Crippen molar-refractivity contribution in [1.82, 2.24) is 4.90 Å². The first-order chi connectivity index (χ1) is 8.33. The molecule has 0 aromatic heterocycles. The predicted molar refractivity (Wildman–Crippen MR) is 73.7 cm³/mol. The van der Waals surface area contributed by atoms with Crippen LogP contribution < -0.4 is 0 Å². The molecule has 2 atom stereocenters. The van der Waals surface area contributed by atoms with Crippen LogP contribution in [0.3, 0.4) is 0 Å². The zero-order valence-electron chi connectivity index (χ0n) is 11.9. The van der Waals surface area contributed by atoms with Crippen molar-refractivity contribution in [2.45, 2.75) is 45.7 Å². The Kier molecular flexibility index (Phi) is 4.52. The van der Waals surface area contributed by atoms with Gasteiger partial charge in [-0.3, -0.25) is 4.90 Å². The number of rotatable bonds is 5. The summed E-state index contributed by atoms with van der Waals surface area (Å²) in [7, 11) is 1.88. The molecule has 0 bridgehead atoms. The van der Waals surface area contributed by atoms with E-state index in [1.807, 2.05) is 43.1 Å². The molecule has 3 nitrogen and oxygen atoms in total. The topological polar surface area (TPSA) is 40.5 Å². The van der Waals surface area contributed by atoms with Gasteiger partial charge in [0, 0.05) is 6.04 Å². The summed E-state index contributed by atoms with van der Waals surface area (Å²) in [5.41, 5.74) is 0.928. The molecular formula is C15H23NO2. The third-order valence-corrected chi connectivity index (χ3v) is 3.95. The van der Waals surface area contributed by atoms with Gasteiger partial charge in [0.2, 0.25) is 0 Å². The van der Waals surface area contributed by atoms with Crippen molar-refractivity contribution < 1.29 is 9.90 Å². The zero-order valence-corrected chi connectivity index (χ0v) is 11.9. The predicted octanol–water partition coefficient (Wildman–Crippen LogP) is 3.03. The highest BCUT2D eigenvalue weighted by Crippen LogP contribution is 2.30. The van der Waals surface area contributed by atoms with Crippen LogP contribution in [0, 0.1) is 6.92 Å². The van der Waals surface area contributed by atoms with Crippen molar-refractivity contribution in [2.75, 3.05) is 7.05 Å². The van der Waals surface area contributed by atoms with Crippen molar-refractivity contribution in [3.05, 3.63) is 35.4 Å². The molecule has 1 N–H and O–H groups in total. The van der Waals surface area contributed by atoms with Gasteiger partial charge in [-0.15, -0.1) is 0 Å². The molecule has 1 aromatic rings. The second-order valence-corrected chi connectivity index (χ2v) is 5.12. The van der Waals surface area contributed by atoms with Crippen LogP contribution in [0.15, 0.2) is 24.3 Å². The molecule has 0 radical (unpaired) electrons. The van der Waals surface area contributed by atoms with Crippen LogP contribution in [-0.2, 0) is 10.3 Å². The van der Waals surface area contributed by atoms with Crippen LogP contribution in [0.5, 0.6) is 0 Å². The van der Waals surface area contributed by atoms with E-state index in [0.717, 1.165) is 17.5 Å². The SMILES string of the molecule is CCC(C)N(C)C(C)(C(=O)O)c1cccc(C)c1. The van der Waals surface area contributed by atoms with Crippen molar-refractivity contribution in [2.24, 2.45) is 0 Å². The minimum Gasteiger partial charge on any atom is -0.480 e. The van der Waals surface area contributed by atoms with E-state index in [1.54, 1.807) is 6.92 Å². The Morgan fingerprint density at radius 3 is 2.56 bits per heavy atom. The van der Waals surface area contributed by atoms with Gasteiger partial charge in [0.25, 0.3) is 0 Å². The molecule has 100 valence electrons. The Morgan fingerprint density at radius 1 is 1.50 bits per heavy atom. The van der Waals surface area contributed by atoms with Gasteiger partial charge in [0.15, 0.2) is 0 Å². The first kappa shape index (κ1) is 14.7. The van der Waals surface area contributed by atoms with Crippen LogP contribution in [0.1, 0.15) is 38.3 Å². The average Bonchev–Trinajstić information content (AvgIpc) is 2.35. The standard InChI is InChI=1S/C15H23NO2/c1-6-12(3)16(5)15(4,14(17)18)13-9-7-8-11(2)10-13/h7-10,12H,6H2,1-5H3,(H,17,18). The van der Waals surface area contributed by atoms with Gasteiger partial charge in [-0.05, 0) is 39.8 Å². The van der Waals surface area contributed by atoms with Gasteiger partial charge in [-0.25, -0.2) is 4.79 Å². The van der Waals surface area contributed by atoms with E-state index in [-0.39, 0.29) is 6.04 Å². The van der Waals surface area contributed by atoms with Crippen LogP contribution in [0.4, 0.5) is 0 Å². The third kappa shape index (κ3) is 2.56. The molecule has 18 heavy (non-hydrogen) atoms. The van der Waals surface area contributed by atoms with E-state index in [2.05, 4.69) is 13.8 Å². The number of hydrogen-bond donors (Lipinski definition) is 1. The number of aryl methyl sites for hydroxylation is 1. The molecule has 0 amide bonds. The summed E-state index contributed by atoms with van der Waals surface area (Å²) in [6, 6.07) is 7.95. The van der Waals surface area contributed by atoms with Gasteiger partial charge < -0.3 is 5.11 Å². The Labute approximate surface area is 109 Å². The lowest BCUT2D eigenvalue weighted by Crippen LogP contribution is -2.51. The summed E-state index contributed by atoms with van der Waals surface area (Å²) in [5.74, 6) is -0.809. The van der Waals surface area contributed by atoms with Crippen LogP contribution >= 0.6 is 0 Å². The molecule has 1 rings (SSSR count). The van der Waals surface area contributed by atoms with E-state index >= 15 is 0 Å². The number of carboxylic acid groups (broad SMARTS) is 1. The maximum Gasteiger partial charge on any atom is 0.328 e. The highest BCUT2D eigenvalue weighted by molar-refractivity contribution is 5.80. The maximum absolute atomic E-state index is 11.8. The second-order valence-electron chi connectivity index (χ2n) is 5.12. The van der Waals surface area contributed by atoms with Crippen molar-refractivity contribution in [3.8, 4) is 0 Å². The summed E-state index contributed by atoms with van der Waals surface area (Å²) in [6.07, 6.45) is 0.922. The number of likely N-dealkylation sites (N-methyl/N-ethyl adjacent to an activating group) is 1. The number of carboxylic acids is 1. The van der Waals surface area contributed by atoms with E-state index in [0.29, 0.717) is 0 Å². The number of carbonyl (C=O) groups is 1. The number of aliphatic carboxylic acids is 1. The lowest BCUT2D eigenvalue weighted by molar-refractivity contribution is -0.151. The fraction of sp³-hybridized carbons (Fsp3) is 0.533. The zero-order chi connectivity index (χ0) is 13.9. The van der Waals surface area contributed by atoms with Gasteiger partial charge >= 0.3 is 5.97 Å². The number of benzene rings is 1. The third-order valence-electron chi connectivity index (χ3n) is 3.95. The highest BCUT2D eigenvalue weighted by Gasteiger charge is 2.41. The van der Waals surface area contributed by atoms with Gasteiger partial charge in [-0.1, -0.05) is 36.8 Å². The Hall–Kier alpha value is -1.35. The second kappa shape index (κ2) is 5.53. The Morgan fingerprint density at radius 2 is 2.11 bits per heavy atom. The minimum atomic E-state index is -0.985. The largest absolute Gasteiger partial charge is 0.480 e. The van der Waals surface area contributed by atoms with Crippen LogP contribution in [-0.4, -0.2) is 29.1 Å². The summed E-state index contributed by atoms with van der Waals surface area (Å²) >= 11 is 0. The summed E-state index contributed by atoms with van der Waals surface area (Å²) in [4.78, 5) is 13.7. The maximum atomic E-state index is 11.8. The molecule has 0 spiro atoms. The first-order valence-corrected chi connectivity index (χ1v) is 6.37. The summed E-state index contributed by atoms with van der Waals surface area (Å²) in [5, 5.41) is 9.65. The van der Waals surface area contributed by atoms with Crippen molar-refractivity contribution in [3.63, 3.8) is 0 Å². The Bertz CT molecular complexity index is 430. The molecule has 2 unspecified atom stereocenters. The van der Waals surface area contributed by atoms with E-state index < -0.39 is 11.5 Å². The van der Waals surface area contributed by atoms with Gasteiger partial charge in [0.05, 0.1) is 0 Å². The molecule has 0 aliphatic carbocycles. The fourth-order valence-electron chi connectivity index (χ4n) is 2.14. The van der Waals surface area contributed by atoms with Crippen molar-refractivity contribution in [1.29, 1.82) is 0 Å². The van der Waals surface area contributed by atoms with Crippen LogP contribution in [0.2, 0.25) is 0 Å². The molecule has 0 heterocycles. The monoisotopic (exact) mass is 249 g/mol. The van der Waals surface area contributed by atoms with E-state index in [1.165, 1.54) is 0 Å². The first-order valence-electron chi connectivity index (χ1n) is 6.37. The lowest BCUT2D eigenvalue weighted by atomic mass is 9.88. The van der Waals surface area contributed by atoms with Gasteiger partial charge in [-0.2, -0.15) is 0 Å². The summed E-state index contributed by atoms with van der Waals surface area (Å²) < 4.78 is 0. The van der Waals surface area contributed by atoms with Crippen molar-refractivity contribution >= 4 is 5.97 Å². The smallest absolute Gasteiger partial charge is 0.328 e. The van der Waals surface area contributed by atoms with E-state index in [9.17, 15) is 9.90 Å². The molecule has 1 aromatic carbocycles. The van der Waals surface area contributed by atoms with Gasteiger partial charge in [0.1, 0.15) is 5.54 Å². The number of hydrogen-bond acceptors (Lipinski definition) is 2. The molecule has 0 aliphatic rings. The summed E-state index contributed by atoms with van der Waals surface area (Å²) in [6.45, 7) is 7.88.